The van der Waals surface area contributed by atoms with E-state index in [-0.39, 0.29) is 17.7 Å². The third-order valence-corrected chi connectivity index (χ3v) is 4.12. The Morgan fingerprint density at radius 3 is 2.14 bits per heavy atom. The largest absolute Gasteiger partial charge is 0.368 e. The van der Waals surface area contributed by atoms with Crippen molar-refractivity contribution < 1.29 is 13.2 Å². The van der Waals surface area contributed by atoms with E-state index >= 15 is 0 Å². The lowest BCUT2D eigenvalue weighted by atomic mass is 9.99. The highest BCUT2D eigenvalue weighted by Crippen LogP contribution is 2.36. The summed E-state index contributed by atoms with van der Waals surface area (Å²) in [5.74, 6) is 0.321. The van der Waals surface area contributed by atoms with Gasteiger partial charge >= 0.3 is 0 Å². The van der Waals surface area contributed by atoms with E-state index in [0.29, 0.717) is 6.61 Å². The van der Waals surface area contributed by atoms with Crippen molar-refractivity contribution in [3.8, 4) is 0 Å². The maximum atomic E-state index is 11.6. The van der Waals surface area contributed by atoms with Crippen LogP contribution in [0.5, 0.6) is 0 Å². The van der Waals surface area contributed by atoms with Crippen LogP contribution in [0.2, 0.25) is 0 Å². The Morgan fingerprint density at radius 1 is 1.36 bits per heavy atom. The molecule has 14 heavy (non-hydrogen) atoms. The molecule has 1 fully saturated rings. The molecule has 1 aliphatic heterocycles. The molecule has 4 nitrogen and oxygen atoms in total. The molecule has 0 aromatic heterocycles. The molecule has 0 bridgehead atoms. The highest BCUT2D eigenvalue weighted by molar-refractivity contribution is 7.89. The van der Waals surface area contributed by atoms with Gasteiger partial charge in [-0.05, 0) is 19.8 Å². The molecule has 1 N–H and O–H groups in total. The monoisotopic (exact) mass is 221 g/mol. The van der Waals surface area contributed by atoms with Gasteiger partial charge in [-0.1, -0.05) is 13.8 Å². The number of nitrogens with one attached hydrogen (secondary N) is 1. The average molecular weight is 221 g/mol. The summed E-state index contributed by atoms with van der Waals surface area (Å²) >= 11 is 0. The Balaban J connectivity index is 2.60. The third-order valence-electron chi connectivity index (χ3n) is 2.42. The van der Waals surface area contributed by atoms with E-state index < -0.39 is 15.6 Å². The van der Waals surface area contributed by atoms with Gasteiger partial charge in [-0.15, -0.1) is 0 Å². The quantitative estimate of drug-likeness (QED) is 0.697. The number of ether oxygens (including phenoxy) is 1. The number of epoxide rings is 1. The summed E-state index contributed by atoms with van der Waals surface area (Å²) in [6, 6.07) is -0.0528. The Labute approximate surface area is 86.1 Å². The molecule has 0 spiro atoms. The van der Waals surface area contributed by atoms with E-state index in [1.165, 1.54) is 0 Å². The first-order valence-corrected chi connectivity index (χ1v) is 6.57. The fraction of sp³-hybridized carbons (Fsp3) is 1.00. The van der Waals surface area contributed by atoms with E-state index in [9.17, 15) is 8.42 Å². The molecule has 0 aliphatic carbocycles. The molecule has 1 saturated heterocycles. The molecular weight excluding hydrogens is 202 g/mol. The first-order valence-electron chi connectivity index (χ1n) is 4.91. The van der Waals surface area contributed by atoms with E-state index in [2.05, 4.69) is 4.72 Å². The van der Waals surface area contributed by atoms with Crippen molar-refractivity contribution in [2.75, 3.05) is 12.4 Å². The van der Waals surface area contributed by atoms with Crippen LogP contribution in [0.25, 0.3) is 0 Å². The number of hydrogen-bond donors (Lipinski definition) is 1. The maximum absolute atomic E-state index is 11.6. The van der Waals surface area contributed by atoms with Crippen LogP contribution in [-0.4, -0.2) is 32.4 Å². The lowest BCUT2D eigenvalue weighted by molar-refractivity contribution is 0.261. The average Bonchev–Trinajstić information content (AvgIpc) is 2.64. The van der Waals surface area contributed by atoms with Crippen molar-refractivity contribution in [2.24, 2.45) is 5.92 Å². The third kappa shape index (κ3) is 2.93. The van der Waals surface area contributed by atoms with Crippen LogP contribution in [-0.2, 0) is 14.8 Å². The van der Waals surface area contributed by atoms with E-state index in [4.69, 9.17) is 4.74 Å². The zero-order chi connectivity index (χ0) is 11.0. The van der Waals surface area contributed by atoms with Gasteiger partial charge in [0.25, 0.3) is 0 Å². The summed E-state index contributed by atoms with van der Waals surface area (Å²) in [6.07, 6.45) is 0. The van der Waals surface area contributed by atoms with Gasteiger partial charge in [-0.2, -0.15) is 0 Å². The Bertz CT molecular complexity index is 291. The van der Waals surface area contributed by atoms with Gasteiger partial charge in [-0.3, -0.25) is 0 Å². The van der Waals surface area contributed by atoms with Crippen molar-refractivity contribution in [3.63, 3.8) is 0 Å². The second-order valence-corrected chi connectivity index (χ2v) is 6.29. The predicted octanol–water partition coefficient (Wildman–Crippen LogP) is 0.739. The van der Waals surface area contributed by atoms with E-state index in [1.54, 1.807) is 0 Å². The minimum atomic E-state index is -3.20. The van der Waals surface area contributed by atoms with Crippen LogP contribution < -0.4 is 4.72 Å². The highest BCUT2D eigenvalue weighted by atomic mass is 32.2. The molecule has 5 heteroatoms. The number of sulfonamides is 1. The van der Waals surface area contributed by atoms with E-state index in [1.807, 2.05) is 27.7 Å². The minimum Gasteiger partial charge on any atom is -0.368 e. The second kappa shape index (κ2) is 3.79. The van der Waals surface area contributed by atoms with Crippen LogP contribution in [0.15, 0.2) is 0 Å². The fourth-order valence-corrected chi connectivity index (χ4v) is 3.34. The molecule has 0 radical (unpaired) electrons. The van der Waals surface area contributed by atoms with E-state index in [0.717, 1.165) is 0 Å². The van der Waals surface area contributed by atoms with Crippen LogP contribution >= 0.6 is 0 Å². The summed E-state index contributed by atoms with van der Waals surface area (Å²) < 4.78 is 31.0. The predicted molar refractivity (Wildman–Crippen MR) is 55.6 cm³/mol. The molecule has 1 rings (SSSR count). The smallest absolute Gasteiger partial charge is 0.214 e. The maximum Gasteiger partial charge on any atom is 0.214 e. The molecule has 0 amide bonds. The molecule has 1 atom stereocenters. The van der Waals surface area contributed by atoms with Gasteiger partial charge in [0, 0.05) is 6.04 Å². The summed E-state index contributed by atoms with van der Waals surface area (Å²) in [5, 5.41) is 0. The van der Waals surface area contributed by atoms with Gasteiger partial charge < -0.3 is 4.74 Å². The Hall–Kier alpha value is -0.130. The number of hydrogen-bond acceptors (Lipinski definition) is 3. The van der Waals surface area contributed by atoms with Gasteiger partial charge in [0.1, 0.15) is 5.60 Å². The van der Waals surface area contributed by atoms with Crippen molar-refractivity contribution in [1.29, 1.82) is 0 Å². The van der Waals surface area contributed by atoms with Crippen LogP contribution in [0.1, 0.15) is 27.7 Å². The molecule has 1 heterocycles. The summed E-state index contributed by atoms with van der Waals surface area (Å²) in [7, 11) is -3.20. The minimum absolute atomic E-state index is 0.0528. The summed E-state index contributed by atoms with van der Waals surface area (Å²) in [5.41, 5.74) is -0.430. The molecule has 1 aliphatic rings. The fourth-order valence-electron chi connectivity index (χ4n) is 1.40. The van der Waals surface area contributed by atoms with Crippen molar-refractivity contribution >= 4 is 10.0 Å². The van der Waals surface area contributed by atoms with Crippen LogP contribution in [0.3, 0.4) is 0 Å². The summed E-state index contributed by atoms with van der Waals surface area (Å²) in [4.78, 5) is 0. The molecule has 1 unspecified atom stereocenters. The Morgan fingerprint density at radius 2 is 1.86 bits per heavy atom. The van der Waals surface area contributed by atoms with Crippen molar-refractivity contribution in [1.82, 2.24) is 4.72 Å². The lowest BCUT2D eigenvalue weighted by Crippen LogP contribution is -2.39. The zero-order valence-electron chi connectivity index (χ0n) is 9.20. The SMILES string of the molecule is CC(C)NS(=O)(=O)CC1(C(C)C)CO1. The molecule has 0 aromatic rings. The molecular formula is C9H19NO3S. The van der Waals surface area contributed by atoms with Crippen LogP contribution in [0, 0.1) is 5.92 Å². The molecule has 0 saturated carbocycles. The lowest BCUT2D eigenvalue weighted by Gasteiger charge is -2.17. The normalized spacial score (nSPS) is 27.3. The van der Waals surface area contributed by atoms with Gasteiger partial charge in [0.15, 0.2) is 0 Å². The molecule has 0 aromatic carbocycles. The van der Waals surface area contributed by atoms with Crippen LogP contribution in [0.4, 0.5) is 0 Å². The van der Waals surface area contributed by atoms with Gasteiger partial charge in [-0.25, -0.2) is 13.1 Å². The first kappa shape index (κ1) is 11.9. The Kier molecular flexibility index (Phi) is 3.23. The second-order valence-electron chi connectivity index (χ2n) is 4.54. The first-order chi connectivity index (χ1) is 6.27. The number of rotatable bonds is 5. The zero-order valence-corrected chi connectivity index (χ0v) is 10.0. The van der Waals surface area contributed by atoms with Crippen molar-refractivity contribution in [2.45, 2.75) is 39.3 Å². The van der Waals surface area contributed by atoms with Crippen molar-refractivity contribution in [3.05, 3.63) is 0 Å². The molecule has 84 valence electrons. The topological polar surface area (TPSA) is 58.7 Å². The van der Waals surface area contributed by atoms with Gasteiger partial charge in [0.05, 0.1) is 12.4 Å². The van der Waals surface area contributed by atoms with Gasteiger partial charge in [0.2, 0.25) is 10.0 Å². The highest BCUT2D eigenvalue weighted by Gasteiger charge is 2.50. The summed E-state index contributed by atoms with van der Waals surface area (Å²) in [6.45, 7) is 8.15. The standard InChI is InChI=1S/C9H19NO3S/c1-7(2)9(5-13-9)6-14(11,12)10-8(3)4/h7-8,10H,5-6H2,1-4H3.